The van der Waals surface area contributed by atoms with Crippen molar-refractivity contribution in [1.82, 2.24) is 0 Å². The number of ether oxygens (including phenoxy) is 5. The first kappa shape index (κ1) is 68.7. The fourth-order valence-corrected chi connectivity index (χ4v) is 8.24. The zero-order valence-electron chi connectivity index (χ0n) is 46.8. The minimum atomic E-state index is -1.93. The molecule has 0 bridgehead atoms. The van der Waals surface area contributed by atoms with Crippen LogP contribution in [0.2, 0.25) is 0 Å². The van der Waals surface area contributed by atoms with Gasteiger partial charge in [0.15, 0.2) is 24.6 Å². The van der Waals surface area contributed by atoms with Crippen molar-refractivity contribution in [3.8, 4) is 0 Å². The Morgan fingerprint density at radius 3 is 1.32 bits per heavy atom. The summed E-state index contributed by atoms with van der Waals surface area (Å²) in [6.07, 6.45) is 53.9. The summed E-state index contributed by atoms with van der Waals surface area (Å²) in [6, 6.07) is 0. The molecule has 1 fully saturated rings. The summed E-state index contributed by atoms with van der Waals surface area (Å²) in [5.41, 5.74) is 0. The molecule has 0 aliphatic carbocycles. The van der Waals surface area contributed by atoms with Crippen molar-refractivity contribution in [2.24, 2.45) is 0 Å². The minimum Gasteiger partial charge on any atom is -0.479 e. The molecule has 0 saturated carbocycles. The quantitative estimate of drug-likeness (QED) is 0.0228. The molecule has 1 saturated heterocycles. The molecule has 0 spiro atoms. The van der Waals surface area contributed by atoms with Gasteiger partial charge in [0, 0.05) is 19.3 Å². The van der Waals surface area contributed by atoms with E-state index in [9.17, 15) is 34.5 Å². The number of esters is 3. The predicted molar refractivity (Wildman–Crippen MR) is 303 cm³/mol. The molecule has 6 atom stereocenters. The van der Waals surface area contributed by atoms with E-state index in [1.807, 2.05) is 12.2 Å². The van der Waals surface area contributed by atoms with Crippen LogP contribution in [0.3, 0.4) is 0 Å². The summed E-state index contributed by atoms with van der Waals surface area (Å²) < 4.78 is 28.3. The van der Waals surface area contributed by atoms with Crippen LogP contribution < -0.4 is 0 Å². The lowest BCUT2D eigenvalue weighted by Crippen LogP contribution is -2.61. The second kappa shape index (κ2) is 50.5. The number of aliphatic carboxylic acids is 1. The maximum Gasteiger partial charge on any atom is 0.335 e. The van der Waals surface area contributed by atoms with Gasteiger partial charge in [0.2, 0.25) is 0 Å². The van der Waals surface area contributed by atoms with E-state index in [4.69, 9.17) is 23.7 Å². The molecule has 0 amide bonds. The van der Waals surface area contributed by atoms with E-state index in [-0.39, 0.29) is 25.9 Å². The number of carbonyl (C=O) groups excluding carboxylic acids is 3. The maximum absolute atomic E-state index is 13.1. The Morgan fingerprint density at radius 2 is 0.853 bits per heavy atom. The summed E-state index contributed by atoms with van der Waals surface area (Å²) in [5.74, 6) is -3.24. The molecule has 1 rings (SSSR count). The molecule has 75 heavy (non-hydrogen) atoms. The minimum absolute atomic E-state index is 0.0247. The number of aliphatic hydroxyl groups excluding tert-OH is 2. The van der Waals surface area contributed by atoms with Crippen LogP contribution in [0, 0.1) is 0 Å². The van der Waals surface area contributed by atoms with Crippen LogP contribution in [0.5, 0.6) is 0 Å². The predicted octanol–water partition coefficient (Wildman–Crippen LogP) is 14.9. The summed E-state index contributed by atoms with van der Waals surface area (Å²) >= 11 is 0. The van der Waals surface area contributed by atoms with Gasteiger partial charge in [0.25, 0.3) is 0 Å². The number of carbonyl (C=O) groups is 4. The fraction of sp³-hybridized carbons (Fsp3) is 0.683. The van der Waals surface area contributed by atoms with Gasteiger partial charge in [-0.2, -0.15) is 0 Å². The molecule has 0 aromatic carbocycles. The first-order valence-electron chi connectivity index (χ1n) is 29.2. The molecule has 1 aliphatic rings. The summed E-state index contributed by atoms with van der Waals surface area (Å²) in [7, 11) is 0. The summed E-state index contributed by atoms with van der Waals surface area (Å²) in [4.78, 5) is 51.1. The monoisotopic (exact) mass is 1050 g/mol. The Labute approximate surface area is 453 Å². The van der Waals surface area contributed by atoms with E-state index in [1.54, 1.807) is 0 Å². The number of unbranched alkanes of at least 4 members (excludes halogenated alkanes) is 18. The van der Waals surface area contributed by atoms with Gasteiger partial charge in [-0.25, -0.2) is 4.79 Å². The van der Waals surface area contributed by atoms with Crippen molar-refractivity contribution in [2.45, 2.75) is 263 Å². The molecule has 1 heterocycles. The van der Waals surface area contributed by atoms with Crippen LogP contribution in [0.25, 0.3) is 0 Å². The van der Waals surface area contributed by atoms with Crippen molar-refractivity contribution in [2.75, 3.05) is 13.2 Å². The topological polar surface area (TPSA) is 175 Å². The molecule has 0 aromatic heterocycles. The van der Waals surface area contributed by atoms with Gasteiger partial charge in [0.05, 0.1) is 6.61 Å². The van der Waals surface area contributed by atoms with Gasteiger partial charge in [-0.05, 0) is 89.9 Å². The van der Waals surface area contributed by atoms with E-state index in [0.29, 0.717) is 25.7 Å². The second-order valence-electron chi connectivity index (χ2n) is 19.5. The summed E-state index contributed by atoms with van der Waals surface area (Å²) in [5, 5.41) is 31.4. The number of hydrogen-bond donors (Lipinski definition) is 3. The van der Waals surface area contributed by atoms with Gasteiger partial charge >= 0.3 is 23.9 Å². The number of carboxylic acid groups (broad SMARTS) is 1. The number of carboxylic acids is 1. The van der Waals surface area contributed by atoms with Gasteiger partial charge in [-0.3, -0.25) is 14.4 Å². The molecule has 6 unspecified atom stereocenters. The normalized spacial score (nSPS) is 18.9. The average molecular weight is 1050 g/mol. The van der Waals surface area contributed by atoms with Crippen LogP contribution in [-0.2, 0) is 42.9 Å². The van der Waals surface area contributed by atoms with Gasteiger partial charge in [-0.1, -0.05) is 214 Å². The highest BCUT2D eigenvalue weighted by molar-refractivity contribution is 5.74. The number of aliphatic hydroxyl groups is 2. The molecule has 426 valence electrons. The molecule has 12 nitrogen and oxygen atoms in total. The lowest BCUT2D eigenvalue weighted by atomic mass is 9.98. The Morgan fingerprint density at radius 1 is 0.453 bits per heavy atom. The zero-order chi connectivity index (χ0) is 54.7. The molecule has 0 aromatic rings. The summed E-state index contributed by atoms with van der Waals surface area (Å²) in [6.45, 7) is 5.71. The van der Waals surface area contributed by atoms with E-state index in [2.05, 4.69) is 106 Å². The van der Waals surface area contributed by atoms with Gasteiger partial charge in [-0.15, -0.1) is 0 Å². The molecule has 1 aliphatic heterocycles. The van der Waals surface area contributed by atoms with Crippen molar-refractivity contribution in [3.05, 3.63) is 97.2 Å². The second-order valence-corrected chi connectivity index (χ2v) is 19.5. The molecular weight excluding hydrogens is 949 g/mol. The van der Waals surface area contributed by atoms with Crippen LogP contribution >= 0.6 is 0 Å². The smallest absolute Gasteiger partial charge is 0.335 e. The van der Waals surface area contributed by atoms with Gasteiger partial charge < -0.3 is 39.0 Å². The Hall–Kier alpha value is -4.36. The fourth-order valence-electron chi connectivity index (χ4n) is 8.24. The maximum atomic E-state index is 13.1. The third-order valence-electron chi connectivity index (χ3n) is 12.7. The van der Waals surface area contributed by atoms with Crippen molar-refractivity contribution < 1.29 is 58.2 Å². The SMILES string of the molecule is CC/C=C\C/C=C\C/C=C\C/C=C\C/C=C\CCCC(=O)OC1C(OCC(COC(=O)CCCCCCCCCCCCCCCCC)OC(=O)CCCCC/C=C\C/C=C\C/C=C\CC)OC(C(=O)O)C(O)C1O. The zero-order valence-corrected chi connectivity index (χ0v) is 46.8. The average Bonchev–Trinajstić information content (AvgIpc) is 3.39. The van der Waals surface area contributed by atoms with Crippen molar-refractivity contribution in [3.63, 3.8) is 0 Å². The van der Waals surface area contributed by atoms with Crippen molar-refractivity contribution in [1.29, 1.82) is 0 Å². The van der Waals surface area contributed by atoms with Crippen LogP contribution in [-0.4, -0.2) is 89.2 Å². The van der Waals surface area contributed by atoms with Gasteiger partial charge in [0.1, 0.15) is 18.8 Å². The molecule has 0 radical (unpaired) electrons. The Balaban J connectivity index is 2.74. The number of hydrogen-bond acceptors (Lipinski definition) is 11. The van der Waals surface area contributed by atoms with E-state index < -0.39 is 67.3 Å². The Kier molecular flexibility index (Phi) is 46.2. The highest BCUT2D eigenvalue weighted by atomic mass is 16.7. The van der Waals surface area contributed by atoms with Crippen LogP contribution in [0.15, 0.2) is 97.2 Å². The first-order chi connectivity index (χ1) is 36.6. The Bertz CT molecular complexity index is 1670. The van der Waals surface area contributed by atoms with Crippen LogP contribution in [0.1, 0.15) is 226 Å². The lowest BCUT2D eigenvalue weighted by Gasteiger charge is -2.40. The van der Waals surface area contributed by atoms with E-state index in [1.165, 1.54) is 70.6 Å². The van der Waals surface area contributed by atoms with E-state index >= 15 is 0 Å². The first-order valence-corrected chi connectivity index (χ1v) is 29.2. The van der Waals surface area contributed by atoms with Crippen LogP contribution in [0.4, 0.5) is 0 Å². The third-order valence-corrected chi connectivity index (χ3v) is 12.7. The highest BCUT2D eigenvalue weighted by Gasteiger charge is 2.50. The largest absolute Gasteiger partial charge is 0.479 e. The number of allylic oxidation sites excluding steroid dienone is 16. The molecule has 12 heteroatoms. The van der Waals surface area contributed by atoms with Crippen molar-refractivity contribution >= 4 is 23.9 Å². The highest BCUT2D eigenvalue weighted by Crippen LogP contribution is 2.26. The number of rotatable bonds is 48. The molecule has 3 N–H and O–H groups in total. The molecular formula is C63H102O12. The standard InChI is InChI=1S/C63H102O12/c1-4-7-10-13-16-19-22-25-27-28-30-33-36-39-42-45-48-51-57(66)74-61-59(68)58(67)60(62(69)70)75-63(61)72-53-54(73-56(65)50-47-44-41-38-35-31-24-21-18-15-12-9-6-3)52-71-55(64)49-46-43-40-37-34-32-29-26-23-20-17-14-11-8-5-2/h7,9-10,12,16,18-19,21,25,27,30-31,33,35,39,42,54,58-61,63,67-68H,4-6,8,11,13-15,17,20,22-24,26,28-29,32,34,36-38,40-41,43-53H2,1-3H3,(H,69,70)/b10-7-,12-9-,19-16-,21-18-,27-25-,33-30-,35-31-,42-39-. The third kappa shape index (κ3) is 40.6. The lowest BCUT2D eigenvalue weighted by molar-refractivity contribution is -0.301. The van der Waals surface area contributed by atoms with E-state index in [0.717, 1.165) is 89.9 Å².